The van der Waals surface area contributed by atoms with Crippen LogP contribution in [0.25, 0.3) is 0 Å². The fraction of sp³-hybridized carbons (Fsp3) is 0.571. The van der Waals surface area contributed by atoms with E-state index in [-0.39, 0.29) is 11.6 Å². The van der Waals surface area contributed by atoms with Gasteiger partial charge in [-0.2, -0.15) is 13.2 Å². The fourth-order valence-corrected chi connectivity index (χ4v) is 2.51. The third kappa shape index (κ3) is 3.03. The number of anilines is 1. The Morgan fingerprint density at radius 2 is 2.00 bits per heavy atom. The number of rotatable bonds is 1. The Hall–Kier alpha value is -1.23. The maximum atomic E-state index is 12.9. The van der Waals surface area contributed by atoms with Crippen molar-refractivity contribution >= 4 is 5.69 Å². The highest BCUT2D eigenvalue weighted by molar-refractivity contribution is 5.52. The number of piperidine rings is 1. The van der Waals surface area contributed by atoms with Crippen molar-refractivity contribution in [3.8, 4) is 0 Å². The molecule has 0 radical (unpaired) electrons. The van der Waals surface area contributed by atoms with E-state index in [0.29, 0.717) is 24.7 Å². The van der Waals surface area contributed by atoms with E-state index in [1.807, 2.05) is 11.8 Å². The van der Waals surface area contributed by atoms with Gasteiger partial charge in [0, 0.05) is 24.8 Å². The fourth-order valence-electron chi connectivity index (χ4n) is 2.51. The van der Waals surface area contributed by atoms with E-state index in [2.05, 4.69) is 0 Å². The second-order valence-electron chi connectivity index (χ2n) is 5.37. The lowest BCUT2D eigenvalue weighted by Gasteiger charge is -2.37. The van der Waals surface area contributed by atoms with E-state index in [4.69, 9.17) is 5.73 Å². The lowest BCUT2D eigenvalue weighted by atomic mass is 9.94. The van der Waals surface area contributed by atoms with Gasteiger partial charge in [-0.25, -0.2) is 0 Å². The van der Waals surface area contributed by atoms with Gasteiger partial charge in [-0.3, -0.25) is 0 Å². The van der Waals surface area contributed by atoms with Crippen molar-refractivity contribution in [3.05, 3.63) is 29.3 Å². The summed E-state index contributed by atoms with van der Waals surface area (Å²) in [6, 6.07) is 4.69. The summed E-state index contributed by atoms with van der Waals surface area (Å²) in [5.41, 5.74) is 6.28. The van der Waals surface area contributed by atoms with Gasteiger partial charge < -0.3 is 10.6 Å². The normalized spacial score (nSPS) is 24.6. The van der Waals surface area contributed by atoms with Crippen LogP contribution < -0.4 is 10.6 Å². The molecule has 0 aromatic heterocycles. The Balaban J connectivity index is 2.27. The molecule has 0 saturated carbocycles. The highest BCUT2D eigenvalue weighted by Crippen LogP contribution is 2.35. The van der Waals surface area contributed by atoms with Gasteiger partial charge in [0.05, 0.1) is 5.56 Å². The van der Waals surface area contributed by atoms with Crippen LogP contribution in [0.15, 0.2) is 18.2 Å². The molecule has 106 valence electrons. The molecular weight excluding hydrogens is 253 g/mol. The van der Waals surface area contributed by atoms with Gasteiger partial charge in [-0.05, 0) is 37.0 Å². The van der Waals surface area contributed by atoms with Crippen LogP contribution in [-0.4, -0.2) is 19.1 Å². The zero-order valence-electron chi connectivity index (χ0n) is 11.2. The molecule has 1 saturated heterocycles. The summed E-state index contributed by atoms with van der Waals surface area (Å²) in [7, 11) is 0. The zero-order chi connectivity index (χ0) is 14.2. The molecule has 2 unspecified atom stereocenters. The maximum Gasteiger partial charge on any atom is 0.416 e. The van der Waals surface area contributed by atoms with Crippen molar-refractivity contribution in [1.82, 2.24) is 0 Å². The van der Waals surface area contributed by atoms with Crippen LogP contribution in [0.5, 0.6) is 0 Å². The third-order valence-electron chi connectivity index (χ3n) is 3.86. The molecule has 2 rings (SSSR count). The SMILES string of the molecule is Cc1ccc(N2CCC(N)C(C)C2)cc1C(F)(F)F. The molecule has 1 fully saturated rings. The van der Waals surface area contributed by atoms with Gasteiger partial charge in [0.2, 0.25) is 0 Å². The lowest BCUT2D eigenvalue weighted by molar-refractivity contribution is -0.138. The van der Waals surface area contributed by atoms with E-state index in [9.17, 15) is 13.2 Å². The monoisotopic (exact) mass is 272 g/mol. The third-order valence-corrected chi connectivity index (χ3v) is 3.86. The molecule has 1 aliphatic rings. The first kappa shape index (κ1) is 14.2. The number of benzene rings is 1. The van der Waals surface area contributed by atoms with Crippen molar-refractivity contribution in [2.75, 3.05) is 18.0 Å². The standard InChI is InChI=1S/C14H19F3N2/c1-9-3-4-11(7-12(9)14(15,16)17)19-6-5-13(18)10(2)8-19/h3-4,7,10,13H,5-6,8,18H2,1-2H3. The molecule has 5 heteroatoms. The lowest BCUT2D eigenvalue weighted by Crippen LogP contribution is -2.46. The quantitative estimate of drug-likeness (QED) is 0.850. The molecule has 2 N–H and O–H groups in total. The summed E-state index contributed by atoms with van der Waals surface area (Å²) in [6.45, 7) is 4.95. The highest BCUT2D eigenvalue weighted by Gasteiger charge is 2.33. The molecule has 2 nitrogen and oxygen atoms in total. The van der Waals surface area contributed by atoms with Crippen LogP contribution in [0.3, 0.4) is 0 Å². The summed E-state index contributed by atoms with van der Waals surface area (Å²) in [5, 5.41) is 0. The van der Waals surface area contributed by atoms with E-state index in [1.54, 1.807) is 6.07 Å². The van der Waals surface area contributed by atoms with Crippen LogP contribution >= 0.6 is 0 Å². The molecule has 0 amide bonds. The largest absolute Gasteiger partial charge is 0.416 e. The van der Waals surface area contributed by atoms with Crippen LogP contribution in [0.2, 0.25) is 0 Å². The Labute approximate surface area is 111 Å². The van der Waals surface area contributed by atoms with E-state index in [0.717, 1.165) is 6.42 Å². The smallest absolute Gasteiger partial charge is 0.371 e. The molecule has 1 aromatic rings. The predicted molar refractivity (Wildman–Crippen MR) is 70.2 cm³/mol. The average Bonchev–Trinajstić information content (AvgIpc) is 2.32. The van der Waals surface area contributed by atoms with Gasteiger partial charge in [-0.15, -0.1) is 0 Å². The molecule has 0 aliphatic carbocycles. The van der Waals surface area contributed by atoms with Crippen molar-refractivity contribution < 1.29 is 13.2 Å². The summed E-state index contributed by atoms with van der Waals surface area (Å²) < 4.78 is 38.7. The molecule has 2 atom stereocenters. The molecule has 19 heavy (non-hydrogen) atoms. The highest BCUT2D eigenvalue weighted by atomic mass is 19.4. The van der Waals surface area contributed by atoms with Crippen molar-refractivity contribution in [2.45, 2.75) is 32.5 Å². The second kappa shape index (κ2) is 5.04. The molecular formula is C14H19F3N2. The average molecular weight is 272 g/mol. The van der Waals surface area contributed by atoms with Crippen molar-refractivity contribution in [2.24, 2.45) is 11.7 Å². The molecule has 0 spiro atoms. The van der Waals surface area contributed by atoms with Crippen LogP contribution in [-0.2, 0) is 6.18 Å². The first-order valence-corrected chi connectivity index (χ1v) is 6.47. The minimum atomic E-state index is -4.29. The molecule has 1 aliphatic heterocycles. The Kier molecular flexibility index (Phi) is 3.76. The van der Waals surface area contributed by atoms with Gasteiger partial charge in [-0.1, -0.05) is 13.0 Å². The van der Waals surface area contributed by atoms with E-state index < -0.39 is 11.7 Å². The number of alkyl halides is 3. The summed E-state index contributed by atoms with van der Waals surface area (Å²) in [5.74, 6) is 0.296. The van der Waals surface area contributed by atoms with Gasteiger partial charge in [0.1, 0.15) is 0 Å². The number of hydrogen-bond donors (Lipinski definition) is 1. The Bertz CT molecular complexity index is 456. The molecule has 1 aromatic carbocycles. The van der Waals surface area contributed by atoms with Gasteiger partial charge in [0.15, 0.2) is 0 Å². The number of nitrogens with zero attached hydrogens (tertiary/aromatic N) is 1. The van der Waals surface area contributed by atoms with Gasteiger partial charge >= 0.3 is 6.18 Å². The predicted octanol–water partition coefficient (Wildman–Crippen LogP) is 3.19. The summed E-state index contributed by atoms with van der Waals surface area (Å²) in [4.78, 5) is 1.99. The maximum absolute atomic E-state index is 12.9. The van der Waals surface area contributed by atoms with E-state index in [1.165, 1.54) is 19.1 Å². The Morgan fingerprint density at radius 1 is 1.32 bits per heavy atom. The van der Waals surface area contributed by atoms with Crippen LogP contribution in [0.4, 0.5) is 18.9 Å². The number of aryl methyl sites for hydroxylation is 1. The minimum absolute atomic E-state index is 0.142. The zero-order valence-corrected chi connectivity index (χ0v) is 11.2. The van der Waals surface area contributed by atoms with Crippen LogP contribution in [0.1, 0.15) is 24.5 Å². The summed E-state index contributed by atoms with van der Waals surface area (Å²) >= 11 is 0. The summed E-state index contributed by atoms with van der Waals surface area (Å²) in [6.07, 6.45) is -3.48. The minimum Gasteiger partial charge on any atom is -0.371 e. The topological polar surface area (TPSA) is 29.3 Å². The number of hydrogen-bond acceptors (Lipinski definition) is 2. The second-order valence-corrected chi connectivity index (χ2v) is 5.37. The van der Waals surface area contributed by atoms with E-state index >= 15 is 0 Å². The van der Waals surface area contributed by atoms with Crippen LogP contribution in [0, 0.1) is 12.8 Å². The first-order chi connectivity index (χ1) is 8.79. The van der Waals surface area contributed by atoms with Gasteiger partial charge in [0.25, 0.3) is 0 Å². The van der Waals surface area contributed by atoms with Crippen molar-refractivity contribution in [3.63, 3.8) is 0 Å². The van der Waals surface area contributed by atoms with Crippen molar-refractivity contribution in [1.29, 1.82) is 0 Å². The number of halogens is 3. The number of nitrogens with two attached hydrogens (primary N) is 1. The Morgan fingerprint density at radius 3 is 2.58 bits per heavy atom. The first-order valence-electron chi connectivity index (χ1n) is 6.47. The molecule has 1 heterocycles. The molecule has 0 bridgehead atoms.